The van der Waals surface area contributed by atoms with Crippen LogP contribution in [-0.2, 0) is 4.79 Å². The van der Waals surface area contributed by atoms with Gasteiger partial charge in [0, 0.05) is 23.0 Å². The van der Waals surface area contributed by atoms with Crippen LogP contribution in [0.3, 0.4) is 0 Å². The average Bonchev–Trinajstić information content (AvgIpc) is 2.85. The molecule has 1 aromatic heterocycles. The maximum Gasteiger partial charge on any atom is 0.280 e. The Balaban J connectivity index is 2.01. The molecule has 0 fully saturated rings. The van der Waals surface area contributed by atoms with E-state index < -0.39 is 6.10 Å². The van der Waals surface area contributed by atoms with Crippen LogP contribution in [0.15, 0.2) is 29.4 Å². The van der Waals surface area contributed by atoms with Crippen LogP contribution in [0.5, 0.6) is 5.75 Å². The zero-order chi connectivity index (χ0) is 19.4. The number of ether oxygens (including phenoxy) is 1. The van der Waals surface area contributed by atoms with E-state index in [2.05, 4.69) is 48.9 Å². The summed E-state index contributed by atoms with van der Waals surface area (Å²) in [6, 6.07) is 8.27. The molecule has 1 amide bonds. The number of hydrazone groups is 1. The van der Waals surface area contributed by atoms with Gasteiger partial charge in [0.15, 0.2) is 6.10 Å². The first-order valence-corrected chi connectivity index (χ1v) is 8.96. The number of aryl methyl sites for hydroxylation is 2. The monoisotopic (exact) mass is 355 g/mol. The first-order chi connectivity index (χ1) is 12.2. The highest BCUT2D eigenvalue weighted by Crippen LogP contribution is 2.22. The normalized spacial score (nSPS) is 12.6. The predicted octanol–water partition coefficient (Wildman–Crippen LogP) is 4.22. The Hall–Kier alpha value is -2.56. The van der Waals surface area contributed by atoms with Crippen molar-refractivity contribution in [3.63, 3.8) is 0 Å². The van der Waals surface area contributed by atoms with Gasteiger partial charge in [-0.25, -0.2) is 5.43 Å². The molecule has 0 saturated heterocycles. The molecular weight excluding hydrogens is 326 g/mol. The fourth-order valence-electron chi connectivity index (χ4n) is 3.08. The molecule has 1 heterocycles. The summed E-state index contributed by atoms with van der Waals surface area (Å²) >= 11 is 0. The molecule has 0 aliphatic heterocycles. The standard InChI is InChI=1S/C21H29N3O2/c1-13(2)24-15(4)11-19(17(24)6)12-22-23-21(25)18(7)26-20-10-8-9-14(3)16(20)5/h8-13,18H,1-7H3,(H,23,25)/b22-12-/t18-/m1/s1. The molecular formula is C21H29N3O2. The van der Waals surface area contributed by atoms with Crippen molar-refractivity contribution in [2.45, 2.75) is 60.6 Å². The zero-order valence-corrected chi connectivity index (χ0v) is 16.8. The third-order valence-electron chi connectivity index (χ3n) is 4.65. The summed E-state index contributed by atoms with van der Waals surface area (Å²) in [5.74, 6) is 0.442. The molecule has 0 radical (unpaired) electrons. The molecule has 5 nitrogen and oxygen atoms in total. The topological polar surface area (TPSA) is 55.6 Å². The van der Waals surface area contributed by atoms with Crippen LogP contribution in [-0.4, -0.2) is 22.8 Å². The smallest absolute Gasteiger partial charge is 0.280 e. The van der Waals surface area contributed by atoms with Crippen molar-refractivity contribution in [1.82, 2.24) is 9.99 Å². The highest BCUT2D eigenvalue weighted by molar-refractivity contribution is 5.85. The van der Waals surface area contributed by atoms with Gasteiger partial charge < -0.3 is 9.30 Å². The van der Waals surface area contributed by atoms with Gasteiger partial charge in [-0.15, -0.1) is 0 Å². The van der Waals surface area contributed by atoms with Crippen molar-refractivity contribution in [3.05, 3.63) is 52.3 Å². The fraction of sp³-hybridized carbons (Fsp3) is 0.429. The van der Waals surface area contributed by atoms with Gasteiger partial charge in [0.05, 0.1) is 6.21 Å². The Morgan fingerprint density at radius 3 is 2.50 bits per heavy atom. The van der Waals surface area contributed by atoms with Crippen LogP contribution in [0, 0.1) is 27.7 Å². The summed E-state index contributed by atoms with van der Waals surface area (Å²) in [6.07, 6.45) is 1.06. The molecule has 1 aromatic carbocycles. The Morgan fingerprint density at radius 1 is 1.19 bits per heavy atom. The number of nitrogens with one attached hydrogen (secondary N) is 1. The second kappa shape index (κ2) is 8.21. The molecule has 2 rings (SSSR count). The second-order valence-corrected chi connectivity index (χ2v) is 6.98. The minimum absolute atomic E-state index is 0.278. The number of hydrogen-bond donors (Lipinski definition) is 1. The van der Waals surface area contributed by atoms with Gasteiger partial charge in [-0.2, -0.15) is 5.10 Å². The molecule has 0 aliphatic rings. The van der Waals surface area contributed by atoms with Crippen LogP contribution in [0.4, 0.5) is 0 Å². The van der Waals surface area contributed by atoms with E-state index in [0.717, 1.165) is 28.1 Å². The molecule has 0 bridgehead atoms. The van der Waals surface area contributed by atoms with E-state index >= 15 is 0 Å². The summed E-state index contributed by atoms with van der Waals surface area (Å²) in [5.41, 5.74) is 8.05. The van der Waals surface area contributed by atoms with Crippen molar-refractivity contribution >= 4 is 12.1 Å². The van der Waals surface area contributed by atoms with E-state index in [1.807, 2.05) is 32.0 Å². The lowest BCUT2D eigenvalue weighted by molar-refractivity contribution is -0.127. The molecule has 1 atom stereocenters. The largest absolute Gasteiger partial charge is 0.481 e. The average molecular weight is 355 g/mol. The van der Waals surface area contributed by atoms with Crippen LogP contribution >= 0.6 is 0 Å². The number of amides is 1. The van der Waals surface area contributed by atoms with Crippen molar-refractivity contribution in [1.29, 1.82) is 0 Å². The SMILES string of the molecule is Cc1cccc(O[C@H](C)C(=O)N/N=C\c2cc(C)n(C(C)C)c2C)c1C. The first kappa shape index (κ1) is 19.8. The quantitative estimate of drug-likeness (QED) is 0.623. The number of benzene rings is 1. The van der Waals surface area contributed by atoms with Gasteiger partial charge in [0.2, 0.25) is 0 Å². The Labute approximate surface area is 156 Å². The predicted molar refractivity (Wildman–Crippen MR) is 106 cm³/mol. The van der Waals surface area contributed by atoms with Crippen molar-refractivity contribution in [2.75, 3.05) is 0 Å². The number of carbonyl (C=O) groups excluding carboxylic acids is 1. The van der Waals surface area contributed by atoms with Gasteiger partial charge in [-0.05, 0) is 71.7 Å². The lowest BCUT2D eigenvalue weighted by Gasteiger charge is -2.15. The van der Waals surface area contributed by atoms with E-state index in [9.17, 15) is 4.79 Å². The molecule has 26 heavy (non-hydrogen) atoms. The molecule has 0 aliphatic carbocycles. The van der Waals surface area contributed by atoms with Crippen molar-refractivity contribution in [2.24, 2.45) is 5.10 Å². The van der Waals surface area contributed by atoms with E-state index in [0.29, 0.717) is 6.04 Å². The Kier molecular flexibility index (Phi) is 6.24. The molecule has 5 heteroatoms. The summed E-state index contributed by atoms with van der Waals surface area (Å²) in [6.45, 7) is 14.1. The maximum atomic E-state index is 12.2. The molecule has 1 N–H and O–H groups in total. The van der Waals surface area contributed by atoms with Gasteiger partial charge >= 0.3 is 0 Å². The summed E-state index contributed by atoms with van der Waals surface area (Å²) in [5, 5.41) is 4.10. The molecule has 0 spiro atoms. The summed E-state index contributed by atoms with van der Waals surface area (Å²) in [7, 11) is 0. The van der Waals surface area contributed by atoms with Crippen LogP contribution < -0.4 is 10.2 Å². The number of hydrogen-bond acceptors (Lipinski definition) is 3. The van der Waals surface area contributed by atoms with Crippen molar-refractivity contribution < 1.29 is 9.53 Å². The fourth-order valence-corrected chi connectivity index (χ4v) is 3.08. The Morgan fingerprint density at radius 2 is 1.88 bits per heavy atom. The molecule has 0 saturated carbocycles. The summed E-state index contributed by atoms with van der Waals surface area (Å²) < 4.78 is 8.02. The maximum absolute atomic E-state index is 12.2. The van der Waals surface area contributed by atoms with E-state index in [1.54, 1.807) is 13.1 Å². The van der Waals surface area contributed by atoms with Gasteiger partial charge in [0.1, 0.15) is 5.75 Å². The third-order valence-corrected chi connectivity index (χ3v) is 4.65. The van der Waals surface area contributed by atoms with Gasteiger partial charge in [0.25, 0.3) is 5.91 Å². The number of carbonyl (C=O) groups is 1. The van der Waals surface area contributed by atoms with Crippen LogP contribution in [0.2, 0.25) is 0 Å². The van der Waals surface area contributed by atoms with E-state index in [-0.39, 0.29) is 5.91 Å². The minimum atomic E-state index is -0.629. The Bertz CT molecular complexity index is 819. The number of nitrogens with zero attached hydrogens (tertiary/aromatic N) is 2. The first-order valence-electron chi connectivity index (χ1n) is 8.96. The van der Waals surface area contributed by atoms with E-state index in [1.165, 1.54) is 5.69 Å². The van der Waals surface area contributed by atoms with E-state index in [4.69, 9.17) is 4.74 Å². The molecule has 0 unspecified atom stereocenters. The number of rotatable bonds is 6. The summed E-state index contributed by atoms with van der Waals surface area (Å²) in [4.78, 5) is 12.2. The van der Waals surface area contributed by atoms with Crippen molar-refractivity contribution in [3.8, 4) is 5.75 Å². The second-order valence-electron chi connectivity index (χ2n) is 6.98. The molecule has 2 aromatic rings. The highest BCUT2D eigenvalue weighted by atomic mass is 16.5. The van der Waals surface area contributed by atoms with Gasteiger partial charge in [-0.1, -0.05) is 12.1 Å². The lowest BCUT2D eigenvalue weighted by atomic mass is 10.1. The van der Waals surface area contributed by atoms with Gasteiger partial charge in [-0.3, -0.25) is 4.79 Å². The highest BCUT2D eigenvalue weighted by Gasteiger charge is 2.16. The van der Waals surface area contributed by atoms with Crippen LogP contribution in [0.25, 0.3) is 0 Å². The number of aromatic nitrogens is 1. The zero-order valence-electron chi connectivity index (χ0n) is 16.8. The lowest BCUT2D eigenvalue weighted by Crippen LogP contribution is -2.33. The van der Waals surface area contributed by atoms with Crippen LogP contribution in [0.1, 0.15) is 54.9 Å². The third kappa shape index (κ3) is 4.34. The molecule has 140 valence electrons. The minimum Gasteiger partial charge on any atom is -0.481 e.